The van der Waals surface area contributed by atoms with Crippen molar-refractivity contribution in [3.8, 4) is 28.1 Å². The van der Waals surface area contributed by atoms with Crippen LogP contribution in [-0.2, 0) is 11.2 Å². The fraction of sp³-hybridized carbons (Fsp3) is 0.320. The molecule has 1 aliphatic heterocycles. The van der Waals surface area contributed by atoms with Crippen molar-refractivity contribution in [3.05, 3.63) is 47.3 Å². The van der Waals surface area contributed by atoms with Gasteiger partial charge in [-0.1, -0.05) is 12.1 Å². The van der Waals surface area contributed by atoms with Gasteiger partial charge >= 0.3 is 12.1 Å². The zero-order valence-corrected chi connectivity index (χ0v) is 22.2. The summed E-state index contributed by atoms with van der Waals surface area (Å²) in [6, 6.07) is 11.1. The van der Waals surface area contributed by atoms with E-state index in [4.69, 9.17) is 18.9 Å². The molecule has 0 bridgehead atoms. The van der Waals surface area contributed by atoms with E-state index in [-0.39, 0.29) is 17.8 Å². The molecule has 2 N–H and O–H groups in total. The molecule has 0 radical (unpaired) electrons. The molecule has 4 aromatic rings. The molecule has 14 heteroatoms. The Bertz CT molecular complexity index is 1420. The lowest BCUT2D eigenvalue weighted by atomic mass is 10.1. The van der Waals surface area contributed by atoms with Crippen molar-refractivity contribution in [1.29, 1.82) is 0 Å². The quantitative estimate of drug-likeness (QED) is 0.296. The van der Waals surface area contributed by atoms with Crippen molar-refractivity contribution in [3.63, 3.8) is 0 Å². The topological polar surface area (TPSA) is 146 Å². The predicted molar refractivity (Wildman–Crippen MR) is 144 cm³/mol. The second kappa shape index (κ2) is 12.0. The van der Waals surface area contributed by atoms with Gasteiger partial charge < -0.3 is 34.3 Å². The van der Waals surface area contributed by atoms with Crippen molar-refractivity contribution < 1.29 is 28.8 Å². The molecule has 0 amide bonds. The number of anilines is 3. The number of carbonyl (C=O) groups is 1. The molecular weight excluding hydrogens is 526 g/mol. The smallest absolute Gasteiger partial charge is 0.432 e. The van der Waals surface area contributed by atoms with Crippen LogP contribution in [0.3, 0.4) is 0 Å². The minimum absolute atomic E-state index is 0.130. The van der Waals surface area contributed by atoms with Crippen molar-refractivity contribution >= 4 is 35.1 Å². The summed E-state index contributed by atoms with van der Waals surface area (Å²) >= 11 is 1.42. The maximum absolute atomic E-state index is 11.8. The average Bonchev–Trinajstić information content (AvgIpc) is 3.64. The Balaban J connectivity index is 1.37. The first-order chi connectivity index (χ1) is 19.0. The molecule has 1 saturated heterocycles. The summed E-state index contributed by atoms with van der Waals surface area (Å²) in [5.74, 6) is 2.17. The molecule has 0 aliphatic carbocycles. The lowest BCUT2D eigenvalue weighted by Crippen LogP contribution is -2.37. The minimum atomic E-state index is -1.20. The van der Waals surface area contributed by atoms with Crippen molar-refractivity contribution in [2.45, 2.75) is 6.42 Å². The molecule has 0 spiro atoms. The highest BCUT2D eigenvalue weighted by Crippen LogP contribution is 2.29. The maximum Gasteiger partial charge on any atom is 0.432 e. The molecule has 1 fully saturated rings. The van der Waals surface area contributed by atoms with Crippen LogP contribution in [0.2, 0.25) is 0 Å². The SMILES string of the molecule is COc1ccc(CCOc2nc(Nc3cc(-c4cccs4)n(C(=O)O)n3)nc(N3CCOCC3)n2)cc1OC. The minimum Gasteiger partial charge on any atom is -0.493 e. The fourth-order valence-corrected chi connectivity index (χ4v) is 4.70. The van der Waals surface area contributed by atoms with Gasteiger partial charge in [0.2, 0.25) is 11.9 Å². The maximum atomic E-state index is 11.8. The number of nitrogens with one attached hydrogen (secondary N) is 1. The van der Waals surface area contributed by atoms with Crippen LogP contribution < -0.4 is 24.4 Å². The lowest BCUT2D eigenvalue weighted by Gasteiger charge is -2.26. The van der Waals surface area contributed by atoms with Gasteiger partial charge in [0.15, 0.2) is 17.3 Å². The van der Waals surface area contributed by atoms with Gasteiger partial charge in [0, 0.05) is 25.6 Å². The molecule has 0 unspecified atom stereocenters. The van der Waals surface area contributed by atoms with Gasteiger partial charge in [-0.05, 0) is 29.1 Å². The highest BCUT2D eigenvalue weighted by atomic mass is 32.1. The van der Waals surface area contributed by atoms with Crippen LogP contribution in [0.4, 0.5) is 22.5 Å². The standard InChI is InChI=1S/C25H27N7O6S/c1-35-18-6-5-16(14-19(18)36-2)7-10-38-24-28-22(27-23(29-24)31-8-11-37-12-9-31)26-21-15-17(20-4-3-13-39-20)32(30-21)25(33)34/h3-6,13-15H,7-12H2,1-2H3,(H,33,34)(H,26,27,28,29,30). The fourth-order valence-electron chi connectivity index (χ4n) is 3.97. The van der Waals surface area contributed by atoms with Gasteiger partial charge in [-0.15, -0.1) is 16.4 Å². The summed E-state index contributed by atoms with van der Waals surface area (Å²) in [6.45, 7) is 2.64. The molecule has 204 valence electrons. The normalized spacial score (nSPS) is 13.2. The third kappa shape index (κ3) is 6.18. The first-order valence-corrected chi connectivity index (χ1v) is 13.0. The van der Waals surface area contributed by atoms with Crippen LogP contribution >= 0.6 is 11.3 Å². The van der Waals surface area contributed by atoms with Gasteiger partial charge in [-0.25, -0.2) is 4.79 Å². The molecule has 5 rings (SSSR count). The zero-order chi connectivity index (χ0) is 27.2. The Kier molecular flexibility index (Phi) is 8.03. The molecule has 3 aromatic heterocycles. The summed E-state index contributed by atoms with van der Waals surface area (Å²) in [4.78, 5) is 28.0. The monoisotopic (exact) mass is 553 g/mol. The third-order valence-electron chi connectivity index (χ3n) is 5.87. The number of hydrogen-bond donors (Lipinski definition) is 2. The van der Waals surface area contributed by atoms with Gasteiger partial charge in [0.25, 0.3) is 0 Å². The van der Waals surface area contributed by atoms with E-state index in [1.807, 2.05) is 40.6 Å². The highest BCUT2D eigenvalue weighted by Gasteiger charge is 2.20. The second-order valence-corrected chi connectivity index (χ2v) is 9.29. The first-order valence-electron chi connectivity index (χ1n) is 12.1. The summed E-state index contributed by atoms with van der Waals surface area (Å²) in [7, 11) is 3.18. The number of nitrogens with zero attached hydrogens (tertiary/aromatic N) is 6. The Morgan fingerprint density at radius 2 is 1.92 bits per heavy atom. The number of thiophene rings is 1. The highest BCUT2D eigenvalue weighted by molar-refractivity contribution is 7.13. The number of hydrogen-bond acceptors (Lipinski definition) is 12. The van der Waals surface area contributed by atoms with Crippen LogP contribution in [-0.4, -0.2) is 83.1 Å². The van der Waals surface area contributed by atoms with Crippen LogP contribution in [0.15, 0.2) is 41.8 Å². The number of benzene rings is 1. The lowest BCUT2D eigenvalue weighted by molar-refractivity contribution is 0.122. The number of carboxylic acid groups (broad SMARTS) is 1. The van der Waals surface area contributed by atoms with Gasteiger partial charge in [-0.3, -0.25) is 0 Å². The average molecular weight is 554 g/mol. The summed E-state index contributed by atoms with van der Waals surface area (Å²) < 4.78 is 23.0. The number of rotatable bonds is 10. The molecule has 1 aliphatic rings. The largest absolute Gasteiger partial charge is 0.493 e. The molecule has 13 nitrogen and oxygen atoms in total. The summed E-state index contributed by atoms with van der Waals surface area (Å²) in [5.41, 5.74) is 1.43. The molecular formula is C25H27N7O6S. The Morgan fingerprint density at radius 1 is 1.10 bits per heavy atom. The first kappa shape index (κ1) is 26.2. The van der Waals surface area contributed by atoms with Gasteiger partial charge in [-0.2, -0.15) is 19.6 Å². The Morgan fingerprint density at radius 3 is 2.64 bits per heavy atom. The molecule has 4 heterocycles. The van der Waals surface area contributed by atoms with E-state index in [2.05, 4.69) is 25.4 Å². The van der Waals surface area contributed by atoms with Gasteiger partial charge in [0.05, 0.1) is 44.6 Å². The summed E-state index contributed by atoms with van der Waals surface area (Å²) in [5, 5.41) is 18.7. The molecule has 0 saturated carbocycles. The predicted octanol–water partition coefficient (Wildman–Crippen LogP) is 3.54. The van der Waals surface area contributed by atoms with Crippen molar-refractivity contribution in [1.82, 2.24) is 24.7 Å². The molecule has 1 aromatic carbocycles. The van der Waals surface area contributed by atoms with E-state index >= 15 is 0 Å². The van der Waals surface area contributed by atoms with Gasteiger partial charge in [0.1, 0.15) is 0 Å². The molecule has 39 heavy (non-hydrogen) atoms. The van der Waals surface area contributed by atoms with Crippen LogP contribution in [0, 0.1) is 0 Å². The number of morpholine rings is 1. The van der Waals surface area contributed by atoms with Crippen LogP contribution in [0.25, 0.3) is 10.6 Å². The van der Waals surface area contributed by atoms with Crippen LogP contribution in [0.5, 0.6) is 17.5 Å². The Labute approximate surface area is 228 Å². The van der Waals surface area contributed by atoms with Crippen molar-refractivity contribution in [2.75, 3.05) is 57.3 Å². The van der Waals surface area contributed by atoms with Crippen molar-refractivity contribution in [2.24, 2.45) is 0 Å². The van der Waals surface area contributed by atoms with E-state index in [0.717, 1.165) is 15.1 Å². The zero-order valence-electron chi connectivity index (χ0n) is 21.4. The number of ether oxygens (including phenoxy) is 4. The van der Waals surface area contributed by atoms with Crippen LogP contribution in [0.1, 0.15) is 5.56 Å². The number of aromatic nitrogens is 5. The van der Waals surface area contributed by atoms with E-state index in [9.17, 15) is 9.90 Å². The summed E-state index contributed by atoms with van der Waals surface area (Å²) in [6.07, 6.45) is -0.621. The van der Waals surface area contributed by atoms with E-state index in [1.54, 1.807) is 20.3 Å². The third-order valence-corrected chi connectivity index (χ3v) is 6.76. The number of methoxy groups -OCH3 is 2. The van der Waals surface area contributed by atoms with E-state index in [0.29, 0.717) is 62.5 Å². The molecule has 0 atom stereocenters. The second-order valence-electron chi connectivity index (χ2n) is 8.34. The van der Waals surface area contributed by atoms with E-state index in [1.165, 1.54) is 11.3 Å². The Hall–Kier alpha value is -4.43. The van der Waals surface area contributed by atoms with E-state index < -0.39 is 6.09 Å².